The second kappa shape index (κ2) is 3.83. The molecule has 1 aromatic rings. The molecule has 7 heteroatoms. The highest BCUT2D eigenvalue weighted by molar-refractivity contribution is 6.65. The normalized spacial score (nSPS) is 11.1. The molecular formula is C7H4ClF3N2O. The van der Waals surface area contributed by atoms with Crippen LogP contribution in [-0.2, 0) is 6.18 Å². The van der Waals surface area contributed by atoms with Crippen molar-refractivity contribution < 1.29 is 18.0 Å². The van der Waals surface area contributed by atoms with Gasteiger partial charge < -0.3 is 5.32 Å². The van der Waals surface area contributed by atoms with Gasteiger partial charge in [-0.15, -0.1) is 0 Å². The number of nitrogens with one attached hydrogen (secondary N) is 1. The minimum absolute atomic E-state index is 0.0488. The van der Waals surface area contributed by atoms with E-state index in [1.807, 2.05) is 5.32 Å². The predicted molar refractivity (Wildman–Crippen MR) is 44.1 cm³/mol. The monoisotopic (exact) mass is 224 g/mol. The fourth-order valence-corrected chi connectivity index (χ4v) is 0.886. The molecule has 76 valence electrons. The molecular weight excluding hydrogens is 221 g/mol. The molecule has 1 N–H and O–H groups in total. The number of amides is 1. The van der Waals surface area contributed by atoms with Crippen LogP contribution < -0.4 is 5.32 Å². The van der Waals surface area contributed by atoms with Crippen LogP contribution in [0.5, 0.6) is 0 Å². The maximum Gasteiger partial charge on any atom is 0.433 e. The van der Waals surface area contributed by atoms with Crippen LogP contribution in [0.1, 0.15) is 5.69 Å². The molecule has 0 aliphatic heterocycles. The zero-order valence-corrected chi connectivity index (χ0v) is 7.36. The summed E-state index contributed by atoms with van der Waals surface area (Å²) in [7, 11) is 0. The Balaban J connectivity index is 2.95. The number of halogens is 4. The summed E-state index contributed by atoms with van der Waals surface area (Å²) in [6, 6.07) is 1.90. The largest absolute Gasteiger partial charge is 0.433 e. The fraction of sp³-hybridized carbons (Fsp3) is 0.143. The number of alkyl halides is 3. The third kappa shape index (κ3) is 2.88. The Kier molecular flexibility index (Phi) is 2.95. The lowest BCUT2D eigenvalue weighted by Crippen LogP contribution is -2.09. The highest BCUT2D eigenvalue weighted by atomic mass is 35.5. The van der Waals surface area contributed by atoms with Crippen LogP contribution in [0.15, 0.2) is 18.3 Å². The first-order valence-corrected chi connectivity index (χ1v) is 3.77. The van der Waals surface area contributed by atoms with E-state index in [0.29, 0.717) is 6.07 Å². The van der Waals surface area contributed by atoms with E-state index in [0.717, 1.165) is 6.20 Å². The zero-order valence-electron chi connectivity index (χ0n) is 6.60. The lowest BCUT2D eigenvalue weighted by molar-refractivity contribution is -0.141. The Labute approximate surface area is 81.9 Å². The Morgan fingerprint density at radius 1 is 1.50 bits per heavy atom. The van der Waals surface area contributed by atoms with Gasteiger partial charge in [0.05, 0.1) is 0 Å². The lowest BCUT2D eigenvalue weighted by Gasteiger charge is -2.06. The van der Waals surface area contributed by atoms with E-state index in [1.54, 1.807) is 0 Å². The maximum absolute atomic E-state index is 12.1. The van der Waals surface area contributed by atoms with Gasteiger partial charge in [-0.2, -0.15) is 13.2 Å². The highest BCUT2D eigenvalue weighted by Crippen LogP contribution is 2.28. The third-order valence-corrected chi connectivity index (χ3v) is 1.39. The molecule has 0 saturated heterocycles. The van der Waals surface area contributed by atoms with Crippen LogP contribution in [-0.4, -0.2) is 10.4 Å². The van der Waals surface area contributed by atoms with Gasteiger partial charge in [-0.3, -0.25) is 9.78 Å². The van der Waals surface area contributed by atoms with Crippen LogP contribution in [0.4, 0.5) is 23.7 Å². The number of aromatic nitrogens is 1. The summed E-state index contributed by atoms with van der Waals surface area (Å²) in [6.45, 7) is 0. The van der Waals surface area contributed by atoms with Gasteiger partial charge in [0.25, 0.3) is 0 Å². The summed E-state index contributed by atoms with van der Waals surface area (Å²) >= 11 is 4.93. The van der Waals surface area contributed by atoms with Gasteiger partial charge in [-0.25, -0.2) is 0 Å². The molecule has 0 aliphatic carbocycles. The van der Waals surface area contributed by atoms with Gasteiger partial charge in [-0.1, -0.05) is 0 Å². The SMILES string of the molecule is O=C(Cl)Nc1ccnc(C(F)(F)F)c1. The standard InChI is InChI=1S/C7H4ClF3N2O/c8-6(14)13-4-1-2-12-5(3-4)7(9,10)11/h1-3H,(H,12,13,14). The summed E-state index contributed by atoms with van der Waals surface area (Å²) in [4.78, 5) is 13.4. The summed E-state index contributed by atoms with van der Waals surface area (Å²) in [5.41, 5.74) is -1.13. The second-order valence-corrected chi connectivity index (χ2v) is 2.67. The molecule has 1 heterocycles. The Bertz CT molecular complexity index is 353. The van der Waals surface area contributed by atoms with E-state index in [4.69, 9.17) is 11.6 Å². The molecule has 1 rings (SSSR count). The van der Waals surface area contributed by atoms with Crippen molar-refractivity contribution in [3.05, 3.63) is 24.0 Å². The Morgan fingerprint density at radius 2 is 2.14 bits per heavy atom. The number of carbonyl (C=O) groups is 1. The van der Waals surface area contributed by atoms with Crippen molar-refractivity contribution in [2.45, 2.75) is 6.18 Å². The molecule has 0 saturated carbocycles. The number of anilines is 1. The van der Waals surface area contributed by atoms with E-state index >= 15 is 0 Å². The Morgan fingerprint density at radius 3 is 2.64 bits per heavy atom. The van der Waals surface area contributed by atoms with Gasteiger partial charge in [0.1, 0.15) is 5.69 Å². The van der Waals surface area contributed by atoms with Crippen LogP contribution in [0, 0.1) is 0 Å². The maximum atomic E-state index is 12.1. The molecule has 0 unspecified atom stereocenters. The number of hydrogen-bond acceptors (Lipinski definition) is 2. The second-order valence-electron chi connectivity index (χ2n) is 2.33. The molecule has 0 aliphatic rings. The molecule has 0 fully saturated rings. The van der Waals surface area contributed by atoms with Crippen molar-refractivity contribution in [3.8, 4) is 0 Å². The molecule has 0 spiro atoms. The van der Waals surface area contributed by atoms with Crippen molar-refractivity contribution in [3.63, 3.8) is 0 Å². The fourth-order valence-electron chi connectivity index (χ4n) is 0.777. The summed E-state index contributed by atoms with van der Waals surface area (Å²) in [5, 5.41) is 1.05. The zero-order chi connectivity index (χ0) is 10.8. The van der Waals surface area contributed by atoms with Crippen molar-refractivity contribution in [1.82, 2.24) is 4.98 Å². The van der Waals surface area contributed by atoms with E-state index in [9.17, 15) is 18.0 Å². The van der Waals surface area contributed by atoms with Gasteiger partial charge in [-0.05, 0) is 23.7 Å². The lowest BCUT2D eigenvalue weighted by atomic mass is 10.3. The van der Waals surface area contributed by atoms with Gasteiger partial charge in [0.2, 0.25) is 0 Å². The van der Waals surface area contributed by atoms with Crippen LogP contribution >= 0.6 is 11.6 Å². The van der Waals surface area contributed by atoms with Crippen molar-refractivity contribution in [1.29, 1.82) is 0 Å². The minimum Gasteiger partial charge on any atom is -0.312 e. The minimum atomic E-state index is -4.53. The van der Waals surface area contributed by atoms with Crippen LogP contribution in [0.2, 0.25) is 0 Å². The van der Waals surface area contributed by atoms with Crippen molar-refractivity contribution >= 4 is 22.7 Å². The Hall–Kier alpha value is -1.30. The van der Waals surface area contributed by atoms with Crippen molar-refractivity contribution in [2.75, 3.05) is 5.32 Å². The molecule has 1 aromatic heterocycles. The number of pyridine rings is 1. The van der Waals surface area contributed by atoms with Crippen LogP contribution in [0.25, 0.3) is 0 Å². The van der Waals surface area contributed by atoms with E-state index in [1.165, 1.54) is 6.07 Å². The summed E-state index contributed by atoms with van der Waals surface area (Å²) < 4.78 is 36.3. The molecule has 1 amide bonds. The average Bonchev–Trinajstić information content (AvgIpc) is 2.01. The quantitative estimate of drug-likeness (QED) is 0.589. The van der Waals surface area contributed by atoms with Gasteiger partial charge >= 0.3 is 11.5 Å². The van der Waals surface area contributed by atoms with Gasteiger partial charge in [0.15, 0.2) is 0 Å². The molecule has 0 radical (unpaired) electrons. The van der Waals surface area contributed by atoms with E-state index in [2.05, 4.69) is 4.98 Å². The number of nitrogens with zero attached hydrogens (tertiary/aromatic N) is 1. The topological polar surface area (TPSA) is 42.0 Å². The molecule has 0 atom stereocenters. The van der Waals surface area contributed by atoms with Gasteiger partial charge in [0, 0.05) is 11.9 Å². The first-order chi connectivity index (χ1) is 6.39. The van der Waals surface area contributed by atoms with E-state index in [-0.39, 0.29) is 5.69 Å². The first-order valence-electron chi connectivity index (χ1n) is 3.39. The van der Waals surface area contributed by atoms with Crippen molar-refractivity contribution in [2.24, 2.45) is 0 Å². The molecule has 14 heavy (non-hydrogen) atoms. The number of carbonyl (C=O) groups excluding carboxylic acids is 1. The highest BCUT2D eigenvalue weighted by Gasteiger charge is 2.32. The smallest absolute Gasteiger partial charge is 0.312 e. The van der Waals surface area contributed by atoms with E-state index < -0.39 is 17.2 Å². The average molecular weight is 225 g/mol. The first kappa shape index (κ1) is 10.8. The predicted octanol–water partition coefficient (Wildman–Crippen LogP) is 2.87. The van der Waals surface area contributed by atoms with Crippen LogP contribution in [0.3, 0.4) is 0 Å². The molecule has 0 aromatic carbocycles. The third-order valence-electron chi connectivity index (χ3n) is 1.29. The number of hydrogen-bond donors (Lipinski definition) is 1. The summed E-state index contributed by atoms with van der Waals surface area (Å²) in [6.07, 6.45) is -3.60. The molecule has 0 bridgehead atoms. The number of rotatable bonds is 1. The summed E-state index contributed by atoms with van der Waals surface area (Å²) in [5.74, 6) is 0. The molecule has 3 nitrogen and oxygen atoms in total.